The van der Waals surface area contributed by atoms with Crippen molar-refractivity contribution in [3.8, 4) is 11.5 Å². The van der Waals surface area contributed by atoms with Crippen LogP contribution in [0.2, 0.25) is 0 Å². The van der Waals surface area contributed by atoms with Gasteiger partial charge in [-0.15, -0.1) is 0 Å². The Morgan fingerprint density at radius 3 is 2.68 bits per heavy atom. The van der Waals surface area contributed by atoms with E-state index >= 15 is 0 Å². The summed E-state index contributed by atoms with van der Waals surface area (Å²) in [6.07, 6.45) is 6.02. The van der Waals surface area contributed by atoms with Crippen LogP contribution in [0.4, 0.5) is 0 Å². The molecule has 0 aromatic heterocycles. The van der Waals surface area contributed by atoms with Gasteiger partial charge in [-0.05, 0) is 49.4 Å². The molecule has 3 heterocycles. The molecule has 152 valence electrons. The summed E-state index contributed by atoms with van der Waals surface area (Å²) in [7, 11) is 0. The molecule has 0 bridgehead atoms. The van der Waals surface area contributed by atoms with Gasteiger partial charge >= 0.3 is 0 Å². The molecule has 3 fully saturated rings. The van der Waals surface area contributed by atoms with Crippen LogP contribution in [0.3, 0.4) is 0 Å². The predicted octanol–water partition coefficient (Wildman–Crippen LogP) is 2.23. The minimum atomic E-state index is 0.247. The van der Waals surface area contributed by atoms with Crippen molar-refractivity contribution >= 4 is 5.91 Å². The summed E-state index contributed by atoms with van der Waals surface area (Å²) in [5, 5.41) is 3.26. The lowest BCUT2D eigenvalue weighted by Crippen LogP contribution is -2.46. The molecule has 1 N–H and O–H groups in total. The SMILES string of the molecule is O=C1N[C@@H]2CCCC[C@H]2C1CCN1CCN(Cc2ccc3c(c2)OCO3)CC1. The van der Waals surface area contributed by atoms with E-state index in [1.54, 1.807) is 0 Å². The molecule has 28 heavy (non-hydrogen) atoms. The molecular formula is C22H31N3O3. The zero-order valence-corrected chi connectivity index (χ0v) is 16.6. The number of nitrogens with zero attached hydrogens (tertiary/aromatic N) is 2. The number of carbonyl (C=O) groups excluding carboxylic acids is 1. The highest BCUT2D eigenvalue weighted by Crippen LogP contribution is 2.37. The molecule has 3 aliphatic heterocycles. The first-order chi connectivity index (χ1) is 13.8. The zero-order valence-electron chi connectivity index (χ0n) is 16.6. The van der Waals surface area contributed by atoms with E-state index < -0.39 is 0 Å². The Bertz CT molecular complexity index is 717. The molecule has 6 nitrogen and oxygen atoms in total. The van der Waals surface area contributed by atoms with Gasteiger partial charge in [0.05, 0.1) is 0 Å². The number of piperazine rings is 1. The lowest BCUT2D eigenvalue weighted by Gasteiger charge is -2.35. The fourth-order valence-corrected chi connectivity index (χ4v) is 5.44. The lowest BCUT2D eigenvalue weighted by atomic mass is 9.78. The third kappa shape index (κ3) is 3.72. The van der Waals surface area contributed by atoms with E-state index in [-0.39, 0.29) is 5.92 Å². The molecule has 1 amide bonds. The van der Waals surface area contributed by atoms with Crippen molar-refractivity contribution in [1.29, 1.82) is 0 Å². The van der Waals surface area contributed by atoms with Crippen molar-refractivity contribution in [1.82, 2.24) is 15.1 Å². The summed E-state index contributed by atoms with van der Waals surface area (Å²) in [5.41, 5.74) is 1.28. The number of benzene rings is 1. The van der Waals surface area contributed by atoms with Gasteiger partial charge in [-0.1, -0.05) is 18.9 Å². The Morgan fingerprint density at radius 1 is 1.00 bits per heavy atom. The molecule has 4 aliphatic rings. The van der Waals surface area contributed by atoms with Gasteiger partial charge in [0, 0.05) is 44.7 Å². The quantitative estimate of drug-likeness (QED) is 0.842. The highest BCUT2D eigenvalue weighted by Gasteiger charge is 2.42. The average molecular weight is 386 g/mol. The van der Waals surface area contributed by atoms with Crippen LogP contribution < -0.4 is 14.8 Å². The standard InChI is InChI=1S/C22H31N3O3/c26-22-18(17-3-1-2-4-19(17)23-22)7-8-24-9-11-25(12-10-24)14-16-5-6-20-21(13-16)28-15-27-20/h5-6,13,17-19H,1-4,7-12,14-15H2,(H,23,26)/t17-,18?,19+/m0/s1. The highest BCUT2D eigenvalue weighted by atomic mass is 16.7. The summed E-state index contributed by atoms with van der Waals surface area (Å²) in [5.74, 6) is 2.88. The van der Waals surface area contributed by atoms with Crippen molar-refractivity contribution < 1.29 is 14.3 Å². The van der Waals surface area contributed by atoms with Crippen LogP contribution in [0, 0.1) is 11.8 Å². The number of nitrogens with one attached hydrogen (secondary N) is 1. The summed E-state index contributed by atoms with van der Waals surface area (Å²) in [4.78, 5) is 17.4. The normalized spacial score (nSPS) is 30.3. The van der Waals surface area contributed by atoms with E-state index in [1.165, 1.54) is 31.2 Å². The van der Waals surface area contributed by atoms with Crippen LogP contribution in [0.25, 0.3) is 0 Å². The smallest absolute Gasteiger partial charge is 0.231 e. The molecule has 1 saturated carbocycles. The molecule has 5 rings (SSSR count). The van der Waals surface area contributed by atoms with Crippen LogP contribution in [-0.4, -0.2) is 61.3 Å². The first kappa shape index (κ1) is 18.3. The van der Waals surface area contributed by atoms with E-state index in [9.17, 15) is 4.79 Å². The van der Waals surface area contributed by atoms with Crippen LogP contribution in [0.1, 0.15) is 37.7 Å². The highest BCUT2D eigenvalue weighted by molar-refractivity contribution is 5.81. The number of fused-ring (bicyclic) bond motifs is 2. The second kappa shape index (κ2) is 7.91. The zero-order chi connectivity index (χ0) is 18.9. The number of hydrogen-bond acceptors (Lipinski definition) is 5. The van der Waals surface area contributed by atoms with E-state index in [4.69, 9.17) is 9.47 Å². The lowest BCUT2D eigenvalue weighted by molar-refractivity contribution is -0.123. The van der Waals surface area contributed by atoms with Crippen molar-refractivity contribution in [2.45, 2.75) is 44.7 Å². The van der Waals surface area contributed by atoms with Crippen molar-refractivity contribution in [2.24, 2.45) is 11.8 Å². The second-order valence-electron chi connectivity index (χ2n) is 8.76. The summed E-state index contributed by atoms with van der Waals surface area (Å²) < 4.78 is 10.9. The van der Waals surface area contributed by atoms with Crippen LogP contribution >= 0.6 is 0 Å². The maximum absolute atomic E-state index is 12.4. The second-order valence-corrected chi connectivity index (χ2v) is 8.76. The van der Waals surface area contributed by atoms with Gasteiger partial charge in [0.25, 0.3) is 0 Å². The Hall–Kier alpha value is -1.79. The van der Waals surface area contributed by atoms with Gasteiger partial charge in [0.15, 0.2) is 11.5 Å². The maximum Gasteiger partial charge on any atom is 0.231 e. The minimum absolute atomic E-state index is 0.247. The molecule has 0 radical (unpaired) electrons. The molecule has 1 unspecified atom stereocenters. The molecule has 1 aromatic rings. The molecule has 2 saturated heterocycles. The summed E-state index contributed by atoms with van der Waals surface area (Å²) in [6.45, 7) is 6.69. The number of amides is 1. The van der Waals surface area contributed by atoms with Crippen molar-refractivity contribution in [3.63, 3.8) is 0 Å². The van der Waals surface area contributed by atoms with E-state index in [1.807, 2.05) is 6.07 Å². The van der Waals surface area contributed by atoms with Gasteiger partial charge in [0.1, 0.15) is 0 Å². The van der Waals surface area contributed by atoms with Crippen LogP contribution in [0.15, 0.2) is 18.2 Å². The van der Waals surface area contributed by atoms with Gasteiger partial charge in [-0.3, -0.25) is 9.69 Å². The van der Waals surface area contributed by atoms with E-state index in [0.29, 0.717) is 24.7 Å². The Morgan fingerprint density at radius 2 is 1.79 bits per heavy atom. The Balaban J connectivity index is 1.08. The molecule has 0 spiro atoms. The predicted molar refractivity (Wildman–Crippen MR) is 106 cm³/mol. The topological polar surface area (TPSA) is 54.0 Å². The fourth-order valence-electron chi connectivity index (χ4n) is 5.44. The maximum atomic E-state index is 12.4. The van der Waals surface area contributed by atoms with E-state index in [0.717, 1.165) is 57.2 Å². The Labute approximate surface area is 167 Å². The monoisotopic (exact) mass is 385 g/mol. The third-order valence-electron chi connectivity index (χ3n) is 7.07. The average Bonchev–Trinajstić information content (AvgIpc) is 3.30. The summed E-state index contributed by atoms with van der Waals surface area (Å²) >= 11 is 0. The fraction of sp³-hybridized carbons (Fsp3) is 0.682. The molecule has 1 aliphatic carbocycles. The third-order valence-corrected chi connectivity index (χ3v) is 7.07. The molecule has 3 atom stereocenters. The van der Waals surface area contributed by atoms with Crippen molar-refractivity contribution in [3.05, 3.63) is 23.8 Å². The molecular weight excluding hydrogens is 354 g/mol. The number of carbonyl (C=O) groups is 1. The Kier molecular flexibility index (Phi) is 5.16. The van der Waals surface area contributed by atoms with Gasteiger partial charge in [0.2, 0.25) is 12.7 Å². The largest absolute Gasteiger partial charge is 0.454 e. The first-order valence-electron chi connectivity index (χ1n) is 10.9. The number of ether oxygens (including phenoxy) is 2. The number of rotatable bonds is 5. The summed E-state index contributed by atoms with van der Waals surface area (Å²) in [6, 6.07) is 6.72. The first-order valence-corrected chi connectivity index (χ1v) is 10.9. The molecule has 1 aromatic carbocycles. The van der Waals surface area contributed by atoms with Gasteiger partial charge in [-0.25, -0.2) is 0 Å². The number of hydrogen-bond donors (Lipinski definition) is 1. The minimum Gasteiger partial charge on any atom is -0.454 e. The van der Waals surface area contributed by atoms with Gasteiger partial charge in [-0.2, -0.15) is 0 Å². The molecule has 6 heteroatoms. The van der Waals surface area contributed by atoms with Crippen molar-refractivity contribution in [2.75, 3.05) is 39.5 Å². The van der Waals surface area contributed by atoms with Crippen LogP contribution in [-0.2, 0) is 11.3 Å². The van der Waals surface area contributed by atoms with Crippen LogP contribution in [0.5, 0.6) is 11.5 Å². The van der Waals surface area contributed by atoms with E-state index in [2.05, 4.69) is 27.2 Å². The van der Waals surface area contributed by atoms with Gasteiger partial charge < -0.3 is 19.7 Å².